The fourth-order valence-electron chi connectivity index (χ4n) is 1.32. The van der Waals surface area contributed by atoms with Crippen LogP contribution >= 0.6 is 0 Å². The van der Waals surface area contributed by atoms with E-state index in [0.717, 1.165) is 12.5 Å². The van der Waals surface area contributed by atoms with E-state index in [1.807, 2.05) is 0 Å². The molecule has 18 heavy (non-hydrogen) atoms. The van der Waals surface area contributed by atoms with Gasteiger partial charge in [0.05, 0.1) is 12.2 Å². The van der Waals surface area contributed by atoms with Gasteiger partial charge in [-0.05, 0) is 31.5 Å². The van der Waals surface area contributed by atoms with Crippen LogP contribution in [0.1, 0.15) is 44.0 Å². The minimum Gasteiger partial charge on any atom is -0.462 e. The zero-order chi connectivity index (χ0) is 13.8. The van der Waals surface area contributed by atoms with Crippen molar-refractivity contribution in [2.45, 2.75) is 33.6 Å². The molecule has 4 heteroatoms. The summed E-state index contributed by atoms with van der Waals surface area (Å²) in [5.41, 5.74) is 5.89. The van der Waals surface area contributed by atoms with Gasteiger partial charge in [-0.15, -0.1) is 0 Å². The molecule has 102 valence electrons. The molecule has 0 unspecified atom stereocenters. The van der Waals surface area contributed by atoms with E-state index in [1.54, 1.807) is 25.3 Å². The molecule has 2 N–H and O–H groups in total. The van der Waals surface area contributed by atoms with Crippen molar-refractivity contribution in [1.82, 2.24) is 4.98 Å². The van der Waals surface area contributed by atoms with E-state index in [2.05, 4.69) is 18.8 Å². The van der Waals surface area contributed by atoms with Crippen LogP contribution in [0.4, 0.5) is 0 Å². The average molecular weight is 252 g/mol. The van der Waals surface area contributed by atoms with Crippen molar-refractivity contribution in [3.63, 3.8) is 0 Å². The van der Waals surface area contributed by atoms with Crippen molar-refractivity contribution in [3.05, 3.63) is 30.1 Å². The molecular weight excluding hydrogens is 228 g/mol. The van der Waals surface area contributed by atoms with E-state index in [9.17, 15) is 4.79 Å². The largest absolute Gasteiger partial charge is 0.462 e. The molecular formula is C14H24N2O2. The van der Waals surface area contributed by atoms with E-state index in [1.165, 1.54) is 19.0 Å². The number of hydrogen-bond acceptors (Lipinski definition) is 4. The van der Waals surface area contributed by atoms with Gasteiger partial charge in [0, 0.05) is 12.4 Å². The van der Waals surface area contributed by atoms with Crippen LogP contribution in [0.3, 0.4) is 0 Å². The highest BCUT2D eigenvalue weighted by molar-refractivity contribution is 5.88. The first kappa shape index (κ1) is 16.6. The zero-order valence-electron chi connectivity index (χ0n) is 11.6. The van der Waals surface area contributed by atoms with Crippen LogP contribution in [0.25, 0.3) is 0 Å². The molecule has 0 aliphatic rings. The number of nitrogens with two attached hydrogens (primary N) is 1. The van der Waals surface area contributed by atoms with Crippen LogP contribution in [0.15, 0.2) is 24.5 Å². The Kier molecular flexibility index (Phi) is 9.87. The third kappa shape index (κ3) is 7.01. The first-order valence-electron chi connectivity index (χ1n) is 6.46. The molecule has 0 spiro atoms. The Morgan fingerprint density at radius 2 is 2.06 bits per heavy atom. The molecule has 0 radical (unpaired) electrons. The van der Waals surface area contributed by atoms with E-state index in [0.29, 0.717) is 12.2 Å². The second-order valence-electron chi connectivity index (χ2n) is 3.88. The van der Waals surface area contributed by atoms with Gasteiger partial charge in [-0.25, -0.2) is 4.79 Å². The van der Waals surface area contributed by atoms with Crippen molar-refractivity contribution in [2.24, 2.45) is 11.7 Å². The number of pyridine rings is 1. The summed E-state index contributed by atoms with van der Waals surface area (Å²) in [6.07, 6.45) is 5.56. The molecule has 0 aliphatic heterocycles. The van der Waals surface area contributed by atoms with Crippen molar-refractivity contribution in [2.75, 3.05) is 13.2 Å². The third-order valence-corrected chi connectivity index (χ3v) is 2.66. The first-order valence-corrected chi connectivity index (χ1v) is 6.46. The molecule has 1 aromatic heterocycles. The smallest absolute Gasteiger partial charge is 0.339 e. The van der Waals surface area contributed by atoms with E-state index in [4.69, 9.17) is 10.5 Å². The molecule has 0 saturated carbocycles. The van der Waals surface area contributed by atoms with Crippen molar-refractivity contribution in [3.8, 4) is 0 Å². The van der Waals surface area contributed by atoms with Gasteiger partial charge in [0.15, 0.2) is 0 Å². The van der Waals surface area contributed by atoms with Crippen molar-refractivity contribution >= 4 is 5.97 Å². The highest BCUT2D eigenvalue weighted by atomic mass is 16.5. The fraction of sp³-hybridized carbons (Fsp3) is 0.571. The number of esters is 1. The van der Waals surface area contributed by atoms with Crippen LogP contribution in [0.2, 0.25) is 0 Å². The van der Waals surface area contributed by atoms with Crippen LogP contribution in [0.5, 0.6) is 0 Å². The molecule has 0 aromatic carbocycles. The topological polar surface area (TPSA) is 65.2 Å². The minimum atomic E-state index is -0.319. The Hall–Kier alpha value is -1.42. The second kappa shape index (κ2) is 10.7. The van der Waals surface area contributed by atoms with E-state index < -0.39 is 0 Å². The number of aromatic nitrogens is 1. The van der Waals surface area contributed by atoms with Gasteiger partial charge < -0.3 is 10.5 Å². The summed E-state index contributed by atoms with van der Waals surface area (Å²) in [5, 5.41) is 0. The van der Waals surface area contributed by atoms with Gasteiger partial charge in [-0.3, -0.25) is 4.98 Å². The van der Waals surface area contributed by atoms with Crippen LogP contribution in [-0.2, 0) is 4.74 Å². The maximum Gasteiger partial charge on any atom is 0.339 e. The van der Waals surface area contributed by atoms with Gasteiger partial charge in [0.25, 0.3) is 0 Å². The summed E-state index contributed by atoms with van der Waals surface area (Å²) in [4.78, 5) is 14.8. The summed E-state index contributed by atoms with van der Waals surface area (Å²) < 4.78 is 4.75. The standard InChI is InChI=1S/C8H9NO2.C6H15N/c1-2-11-8(10)7-4-3-5-9-6-7;1-3-6(4-2)5-7/h3-6H,2H2,1H3;6H,3-5,7H2,1-2H3. The Morgan fingerprint density at radius 1 is 1.39 bits per heavy atom. The maximum absolute atomic E-state index is 11.0. The quantitative estimate of drug-likeness (QED) is 0.818. The Balaban J connectivity index is 0.000000360. The summed E-state index contributed by atoms with van der Waals surface area (Å²) in [6, 6.07) is 3.37. The number of ether oxygens (including phenoxy) is 1. The highest BCUT2D eigenvalue weighted by Crippen LogP contribution is 2.02. The lowest BCUT2D eigenvalue weighted by molar-refractivity contribution is 0.0526. The predicted molar refractivity (Wildman–Crippen MR) is 73.3 cm³/mol. The molecule has 4 nitrogen and oxygen atoms in total. The summed E-state index contributed by atoms with van der Waals surface area (Å²) in [6.45, 7) is 7.39. The molecule has 1 heterocycles. The monoisotopic (exact) mass is 252 g/mol. The molecule has 0 amide bonds. The van der Waals surface area contributed by atoms with Gasteiger partial charge in [-0.1, -0.05) is 26.7 Å². The Labute approximate surface area is 110 Å². The molecule has 0 aliphatic carbocycles. The SMILES string of the molecule is CCC(CC)CN.CCOC(=O)c1cccnc1. The number of carbonyl (C=O) groups excluding carboxylic acids is 1. The lowest BCUT2D eigenvalue weighted by atomic mass is 10.0. The summed E-state index contributed by atoms with van der Waals surface area (Å²) in [5.74, 6) is 0.445. The molecule has 0 bridgehead atoms. The number of rotatable bonds is 5. The van der Waals surface area contributed by atoms with Crippen LogP contribution in [-0.4, -0.2) is 24.1 Å². The number of carbonyl (C=O) groups is 1. The third-order valence-electron chi connectivity index (χ3n) is 2.66. The maximum atomic E-state index is 11.0. The van der Waals surface area contributed by atoms with Crippen molar-refractivity contribution < 1.29 is 9.53 Å². The van der Waals surface area contributed by atoms with Gasteiger partial charge in [-0.2, -0.15) is 0 Å². The van der Waals surface area contributed by atoms with Gasteiger partial charge in [0.1, 0.15) is 0 Å². The first-order chi connectivity index (χ1) is 8.69. The second-order valence-corrected chi connectivity index (χ2v) is 3.88. The van der Waals surface area contributed by atoms with Crippen LogP contribution < -0.4 is 5.73 Å². The van der Waals surface area contributed by atoms with E-state index >= 15 is 0 Å². The van der Waals surface area contributed by atoms with Gasteiger partial charge in [0.2, 0.25) is 0 Å². The minimum absolute atomic E-state index is 0.319. The number of hydrogen-bond donors (Lipinski definition) is 1. The molecule has 0 saturated heterocycles. The predicted octanol–water partition coefficient (Wildman–Crippen LogP) is 2.64. The van der Waals surface area contributed by atoms with E-state index in [-0.39, 0.29) is 5.97 Å². The molecule has 0 atom stereocenters. The van der Waals surface area contributed by atoms with Gasteiger partial charge >= 0.3 is 5.97 Å². The summed E-state index contributed by atoms with van der Waals surface area (Å²) >= 11 is 0. The number of nitrogens with zero attached hydrogens (tertiary/aromatic N) is 1. The van der Waals surface area contributed by atoms with Crippen molar-refractivity contribution in [1.29, 1.82) is 0 Å². The Bertz CT molecular complexity index is 305. The molecule has 0 fully saturated rings. The molecule has 1 rings (SSSR count). The lowest BCUT2D eigenvalue weighted by Crippen LogP contribution is -2.11. The average Bonchev–Trinajstić information content (AvgIpc) is 2.43. The summed E-state index contributed by atoms with van der Waals surface area (Å²) in [7, 11) is 0. The normalized spacial score (nSPS) is 9.61. The lowest BCUT2D eigenvalue weighted by Gasteiger charge is -2.05. The van der Waals surface area contributed by atoms with Crippen LogP contribution in [0, 0.1) is 5.92 Å². The zero-order valence-corrected chi connectivity index (χ0v) is 11.6. The Morgan fingerprint density at radius 3 is 2.39 bits per heavy atom. The molecule has 1 aromatic rings. The highest BCUT2D eigenvalue weighted by Gasteiger charge is 2.03. The fourth-order valence-corrected chi connectivity index (χ4v) is 1.32.